The van der Waals surface area contributed by atoms with E-state index >= 15 is 0 Å². The number of aryl methyl sites for hydroxylation is 2. The summed E-state index contributed by atoms with van der Waals surface area (Å²) in [7, 11) is 1.95. The highest BCUT2D eigenvalue weighted by Gasteiger charge is 2.54. The van der Waals surface area contributed by atoms with Crippen LogP contribution in [0.25, 0.3) is 22.0 Å². The Kier molecular flexibility index (Phi) is 5.77. The Morgan fingerprint density at radius 3 is 2.59 bits per heavy atom. The topological polar surface area (TPSA) is 68.1 Å². The van der Waals surface area contributed by atoms with Crippen molar-refractivity contribution >= 4 is 16.6 Å². The first-order valence-corrected chi connectivity index (χ1v) is 12.9. The second-order valence-electron chi connectivity index (χ2n) is 10.7. The van der Waals surface area contributed by atoms with E-state index in [0.717, 1.165) is 65.1 Å². The lowest BCUT2D eigenvalue weighted by Crippen LogP contribution is -2.39. The molecule has 1 aliphatic carbocycles. The molecule has 0 bridgehead atoms. The summed E-state index contributed by atoms with van der Waals surface area (Å²) in [6.45, 7) is 8.72. The van der Waals surface area contributed by atoms with E-state index in [1.54, 1.807) is 0 Å². The van der Waals surface area contributed by atoms with E-state index in [4.69, 9.17) is 4.74 Å². The molecule has 2 aliphatic heterocycles. The standard InChI is InChI=1S/C27H36N6O/c1-19-24(18-32(2)31-19)25-22-5-3-4-6-23(22)26(30-29-25)28-16-21-15-27(21)9-11-33(12-10-27)17-20-7-13-34-14-8-20/h3-6,18,20-21H,7-17H2,1-2H3,(H,28,30)/t21-/m0/s1. The molecule has 0 unspecified atom stereocenters. The number of benzene rings is 1. The first kappa shape index (κ1) is 22.0. The van der Waals surface area contributed by atoms with Crippen LogP contribution in [0.2, 0.25) is 0 Å². The fraction of sp³-hybridized carbons (Fsp3) is 0.593. The van der Waals surface area contributed by atoms with Gasteiger partial charge in [0, 0.05) is 55.9 Å². The highest BCUT2D eigenvalue weighted by molar-refractivity contribution is 6.00. The zero-order chi connectivity index (χ0) is 23.1. The van der Waals surface area contributed by atoms with E-state index in [0.29, 0.717) is 5.41 Å². The van der Waals surface area contributed by atoms with E-state index in [9.17, 15) is 0 Å². The van der Waals surface area contributed by atoms with Gasteiger partial charge in [-0.2, -0.15) is 5.10 Å². The van der Waals surface area contributed by atoms with Crippen molar-refractivity contribution in [3.8, 4) is 11.3 Å². The third kappa shape index (κ3) is 4.20. The van der Waals surface area contributed by atoms with Gasteiger partial charge in [0.05, 0.1) is 5.69 Å². The van der Waals surface area contributed by atoms with Gasteiger partial charge in [0.25, 0.3) is 0 Å². The lowest BCUT2D eigenvalue weighted by atomic mass is 9.89. The largest absolute Gasteiger partial charge is 0.381 e. The fourth-order valence-electron chi connectivity index (χ4n) is 6.29. The number of aromatic nitrogens is 4. The average Bonchev–Trinajstić information content (AvgIpc) is 3.42. The van der Waals surface area contributed by atoms with Gasteiger partial charge in [0.15, 0.2) is 5.82 Å². The Morgan fingerprint density at radius 2 is 1.85 bits per heavy atom. The normalized spacial score (nSPS) is 22.9. The molecule has 2 aromatic heterocycles. The van der Waals surface area contributed by atoms with Crippen molar-refractivity contribution in [3.63, 3.8) is 0 Å². The summed E-state index contributed by atoms with van der Waals surface area (Å²) in [4.78, 5) is 2.71. The number of rotatable bonds is 6. The first-order valence-electron chi connectivity index (χ1n) is 12.9. The maximum absolute atomic E-state index is 5.53. The summed E-state index contributed by atoms with van der Waals surface area (Å²) >= 11 is 0. The predicted octanol–water partition coefficient (Wildman–Crippen LogP) is 4.28. The third-order valence-electron chi connectivity index (χ3n) is 8.54. The molecule has 1 atom stereocenters. The first-order chi connectivity index (χ1) is 16.6. The van der Waals surface area contributed by atoms with Crippen molar-refractivity contribution in [1.82, 2.24) is 24.9 Å². The van der Waals surface area contributed by atoms with Crippen molar-refractivity contribution < 1.29 is 4.74 Å². The van der Waals surface area contributed by atoms with Gasteiger partial charge >= 0.3 is 0 Å². The van der Waals surface area contributed by atoms with Crippen LogP contribution in [-0.4, -0.2) is 64.3 Å². The Bertz CT molecular complexity index is 1160. The number of hydrogen-bond donors (Lipinski definition) is 1. The molecule has 34 heavy (non-hydrogen) atoms. The molecule has 4 heterocycles. The van der Waals surface area contributed by atoms with E-state index in [1.165, 1.54) is 51.7 Å². The Morgan fingerprint density at radius 1 is 1.09 bits per heavy atom. The Balaban J connectivity index is 1.10. The van der Waals surface area contributed by atoms with Crippen LogP contribution < -0.4 is 5.32 Å². The average molecular weight is 461 g/mol. The molecule has 2 saturated heterocycles. The molecule has 0 amide bonds. The van der Waals surface area contributed by atoms with Crippen LogP contribution in [0.4, 0.5) is 5.82 Å². The highest BCUT2D eigenvalue weighted by Crippen LogP contribution is 2.59. The Hall–Kier alpha value is -2.51. The number of nitrogens with zero attached hydrogens (tertiary/aromatic N) is 5. The molecular formula is C27H36N6O. The summed E-state index contributed by atoms with van der Waals surface area (Å²) < 4.78 is 7.37. The van der Waals surface area contributed by atoms with Gasteiger partial charge in [-0.1, -0.05) is 24.3 Å². The molecule has 7 heteroatoms. The van der Waals surface area contributed by atoms with Crippen molar-refractivity contribution in [2.24, 2.45) is 24.3 Å². The monoisotopic (exact) mass is 460 g/mol. The van der Waals surface area contributed by atoms with Crippen molar-refractivity contribution in [3.05, 3.63) is 36.2 Å². The van der Waals surface area contributed by atoms with Crippen LogP contribution in [0, 0.1) is 24.2 Å². The smallest absolute Gasteiger partial charge is 0.156 e. The molecule has 7 nitrogen and oxygen atoms in total. The molecule has 3 fully saturated rings. The van der Waals surface area contributed by atoms with Gasteiger partial charge < -0.3 is 15.0 Å². The molecule has 1 spiro atoms. The molecular weight excluding hydrogens is 424 g/mol. The van der Waals surface area contributed by atoms with Crippen molar-refractivity contribution in [1.29, 1.82) is 0 Å². The molecule has 1 aromatic carbocycles. The lowest BCUT2D eigenvalue weighted by Gasteiger charge is -2.36. The second-order valence-corrected chi connectivity index (χ2v) is 10.7. The third-order valence-corrected chi connectivity index (χ3v) is 8.54. The van der Waals surface area contributed by atoms with Crippen LogP contribution in [0.3, 0.4) is 0 Å². The maximum atomic E-state index is 5.53. The number of likely N-dealkylation sites (tertiary alicyclic amines) is 1. The van der Waals surface area contributed by atoms with Gasteiger partial charge in [-0.05, 0) is 69.4 Å². The summed E-state index contributed by atoms with van der Waals surface area (Å²) in [5.41, 5.74) is 3.48. The zero-order valence-corrected chi connectivity index (χ0v) is 20.5. The van der Waals surface area contributed by atoms with Crippen molar-refractivity contribution in [2.45, 2.75) is 39.0 Å². The van der Waals surface area contributed by atoms with Gasteiger partial charge in [0.1, 0.15) is 5.69 Å². The molecule has 6 rings (SSSR count). The predicted molar refractivity (Wildman–Crippen MR) is 135 cm³/mol. The van der Waals surface area contributed by atoms with E-state index in [-0.39, 0.29) is 0 Å². The van der Waals surface area contributed by atoms with Crippen molar-refractivity contribution in [2.75, 3.05) is 44.7 Å². The number of nitrogens with one attached hydrogen (secondary N) is 1. The maximum Gasteiger partial charge on any atom is 0.156 e. The zero-order valence-electron chi connectivity index (χ0n) is 20.5. The van der Waals surface area contributed by atoms with Crippen LogP contribution in [0.5, 0.6) is 0 Å². The summed E-state index contributed by atoms with van der Waals surface area (Å²) in [5, 5.41) is 19.7. The minimum Gasteiger partial charge on any atom is -0.381 e. The number of hydrogen-bond acceptors (Lipinski definition) is 6. The summed E-state index contributed by atoms with van der Waals surface area (Å²) in [5.74, 6) is 2.49. The quantitative estimate of drug-likeness (QED) is 0.592. The number of piperidine rings is 1. The summed E-state index contributed by atoms with van der Waals surface area (Å²) in [6.07, 6.45) is 8.54. The molecule has 180 valence electrons. The second kappa shape index (κ2) is 8.93. The van der Waals surface area contributed by atoms with E-state index < -0.39 is 0 Å². The van der Waals surface area contributed by atoms with E-state index in [1.807, 2.05) is 24.9 Å². The number of ether oxygens (including phenoxy) is 1. The number of fused-ring (bicyclic) bond motifs is 1. The molecule has 1 N–H and O–H groups in total. The van der Waals surface area contributed by atoms with Gasteiger partial charge in [-0.3, -0.25) is 4.68 Å². The molecule has 1 saturated carbocycles. The van der Waals surface area contributed by atoms with Gasteiger partial charge in [-0.15, -0.1) is 10.2 Å². The SMILES string of the molecule is Cc1nn(C)cc1-c1nnc(NC[C@@H]2CC23CCN(CC2CCOCC2)CC3)c2ccccc12. The Labute approximate surface area is 201 Å². The van der Waals surface area contributed by atoms with E-state index in [2.05, 4.69) is 49.8 Å². The van der Waals surface area contributed by atoms with Crippen LogP contribution in [0.15, 0.2) is 30.5 Å². The number of anilines is 1. The molecule has 3 aromatic rings. The van der Waals surface area contributed by atoms with Crippen LogP contribution in [-0.2, 0) is 11.8 Å². The lowest BCUT2D eigenvalue weighted by molar-refractivity contribution is 0.0449. The van der Waals surface area contributed by atoms with Gasteiger partial charge in [-0.25, -0.2) is 0 Å². The molecule has 3 aliphatic rings. The van der Waals surface area contributed by atoms with Crippen LogP contribution >= 0.6 is 0 Å². The highest BCUT2D eigenvalue weighted by atomic mass is 16.5. The van der Waals surface area contributed by atoms with Gasteiger partial charge in [0.2, 0.25) is 0 Å². The fourth-order valence-corrected chi connectivity index (χ4v) is 6.29. The summed E-state index contributed by atoms with van der Waals surface area (Å²) in [6, 6.07) is 8.46. The molecule has 0 radical (unpaired) electrons. The minimum absolute atomic E-state index is 0.551. The minimum atomic E-state index is 0.551. The van der Waals surface area contributed by atoms with Crippen LogP contribution in [0.1, 0.15) is 37.8 Å².